The van der Waals surface area contributed by atoms with Crippen molar-refractivity contribution in [3.8, 4) is 0 Å². The van der Waals surface area contributed by atoms with Crippen LogP contribution >= 0.6 is 0 Å². The smallest absolute Gasteiger partial charge is 0.326 e. The molecule has 0 aliphatic heterocycles. The summed E-state index contributed by atoms with van der Waals surface area (Å²) in [4.78, 5) is 32.1. The van der Waals surface area contributed by atoms with Crippen LogP contribution in [0.15, 0.2) is 0 Å². The van der Waals surface area contributed by atoms with Crippen LogP contribution < -0.4 is 10.6 Å². The lowest BCUT2D eigenvalue weighted by Crippen LogP contribution is -2.42. The van der Waals surface area contributed by atoms with E-state index < -0.39 is 12.0 Å². The summed E-state index contributed by atoms with van der Waals surface area (Å²) in [6, 6.07) is -1.01. The molecule has 0 heterocycles. The van der Waals surface area contributed by atoms with Crippen LogP contribution in [0.1, 0.15) is 33.6 Å². The van der Waals surface area contributed by atoms with Crippen molar-refractivity contribution in [2.24, 2.45) is 0 Å². The number of carboxylic acid groups (broad SMARTS) is 1. The van der Waals surface area contributed by atoms with Crippen molar-refractivity contribution in [3.05, 3.63) is 0 Å². The first kappa shape index (κ1) is 14.4. The van der Waals surface area contributed by atoms with Crippen LogP contribution in [-0.4, -0.2) is 35.0 Å². The SMILES string of the molecule is CC(C)(C)NC(=O)CCC(NC=O)C(=O)O. The van der Waals surface area contributed by atoms with E-state index in [1.165, 1.54) is 0 Å². The molecule has 0 bridgehead atoms. The van der Waals surface area contributed by atoms with Gasteiger partial charge in [-0.25, -0.2) is 4.79 Å². The van der Waals surface area contributed by atoms with Gasteiger partial charge in [0.1, 0.15) is 6.04 Å². The van der Waals surface area contributed by atoms with E-state index in [9.17, 15) is 14.4 Å². The fourth-order valence-electron chi connectivity index (χ4n) is 1.12. The summed E-state index contributed by atoms with van der Waals surface area (Å²) >= 11 is 0. The monoisotopic (exact) mass is 230 g/mol. The molecule has 16 heavy (non-hydrogen) atoms. The van der Waals surface area contributed by atoms with E-state index in [4.69, 9.17) is 5.11 Å². The molecule has 0 fully saturated rings. The van der Waals surface area contributed by atoms with Gasteiger partial charge in [0.2, 0.25) is 12.3 Å². The number of carbonyl (C=O) groups excluding carboxylic acids is 2. The minimum Gasteiger partial charge on any atom is -0.480 e. The van der Waals surface area contributed by atoms with Gasteiger partial charge in [-0.05, 0) is 27.2 Å². The van der Waals surface area contributed by atoms with Gasteiger partial charge in [0.25, 0.3) is 0 Å². The molecule has 2 amide bonds. The highest BCUT2D eigenvalue weighted by Crippen LogP contribution is 2.02. The average molecular weight is 230 g/mol. The fourth-order valence-corrected chi connectivity index (χ4v) is 1.12. The normalized spacial score (nSPS) is 12.7. The Kier molecular flexibility index (Phi) is 5.49. The van der Waals surface area contributed by atoms with E-state index in [1.807, 2.05) is 20.8 Å². The molecular weight excluding hydrogens is 212 g/mol. The molecule has 0 aliphatic carbocycles. The van der Waals surface area contributed by atoms with Gasteiger partial charge >= 0.3 is 5.97 Å². The summed E-state index contributed by atoms with van der Waals surface area (Å²) in [5.41, 5.74) is -0.339. The minimum absolute atomic E-state index is 0.0646. The van der Waals surface area contributed by atoms with Crippen LogP contribution in [0.4, 0.5) is 0 Å². The Balaban J connectivity index is 4.06. The van der Waals surface area contributed by atoms with Gasteiger partial charge in [-0.2, -0.15) is 0 Å². The van der Waals surface area contributed by atoms with Crippen LogP contribution in [0.2, 0.25) is 0 Å². The molecule has 6 heteroatoms. The Morgan fingerprint density at radius 2 is 1.94 bits per heavy atom. The zero-order valence-electron chi connectivity index (χ0n) is 9.74. The standard InChI is InChI=1S/C10H18N2O4/c1-10(2,3)12-8(14)5-4-7(9(15)16)11-6-13/h6-7H,4-5H2,1-3H3,(H,11,13)(H,12,14)(H,15,16). The van der Waals surface area contributed by atoms with Crippen molar-refractivity contribution in [2.45, 2.75) is 45.2 Å². The minimum atomic E-state index is -1.14. The van der Waals surface area contributed by atoms with E-state index >= 15 is 0 Å². The molecule has 1 unspecified atom stereocenters. The van der Waals surface area contributed by atoms with Gasteiger partial charge < -0.3 is 15.7 Å². The van der Waals surface area contributed by atoms with Gasteiger partial charge in [0.15, 0.2) is 0 Å². The maximum atomic E-state index is 11.4. The Labute approximate surface area is 94.4 Å². The largest absolute Gasteiger partial charge is 0.480 e. The molecule has 0 aromatic carbocycles. The third-order valence-electron chi connectivity index (χ3n) is 1.74. The summed E-state index contributed by atoms with van der Waals surface area (Å²) < 4.78 is 0. The van der Waals surface area contributed by atoms with Crippen molar-refractivity contribution in [2.75, 3.05) is 0 Å². The molecule has 0 radical (unpaired) electrons. The van der Waals surface area contributed by atoms with Crippen LogP contribution in [0, 0.1) is 0 Å². The first-order valence-electron chi connectivity index (χ1n) is 5.00. The molecule has 0 rings (SSSR count). The van der Waals surface area contributed by atoms with E-state index in [1.54, 1.807) is 0 Å². The number of nitrogens with one attached hydrogen (secondary N) is 2. The average Bonchev–Trinajstić information content (AvgIpc) is 2.08. The second-order valence-corrected chi connectivity index (χ2v) is 4.51. The maximum Gasteiger partial charge on any atom is 0.326 e. The van der Waals surface area contributed by atoms with Gasteiger partial charge in [-0.1, -0.05) is 0 Å². The van der Waals surface area contributed by atoms with Crippen molar-refractivity contribution in [3.63, 3.8) is 0 Å². The molecule has 0 saturated carbocycles. The van der Waals surface area contributed by atoms with E-state index in [-0.39, 0.29) is 24.3 Å². The summed E-state index contributed by atoms with van der Waals surface area (Å²) in [5.74, 6) is -1.37. The molecular formula is C10H18N2O4. The predicted molar refractivity (Wildman–Crippen MR) is 57.8 cm³/mol. The first-order chi connectivity index (χ1) is 7.26. The third-order valence-corrected chi connectivity index (χ3v) is 1.74. The number of amides is 2. The van der Waals surface area contributed by atoms with Crippen molar-refractivity contribution >= 4 is 18.3 Å². The second-order valence-electron chi connectivity index (χ2n) is 4.51. The lowest BCUT2D eigenvalue weighted by Gasteiger charge is -2.21. The molecule has 92 valence electrons. The number of carboxylic acids is 1. The van der Waals surface area contributed by atoms with Crippen molar-refractivity contribution in [1.82, 2.24) is 10.6 Å². The Bertz CT molecular complexity index is 270. The summed E-state index contributed by atoms with van der Waals surface area (Å²) in [6.07, 6.45) is 0.464. The highest BCUT2D eigenvalue weighted by atomic mass is 16.4. The zero-order valence-corrected chi connectivity index (χ0v) is 9.74. The molecule has 0 aromatic heterocycles. The van der Waals surface area contributed by atoms with Crippen LogP contribution in [0.25, 0.3) is 0 Å². The number of aliphatic carboxylic acids is 1. The molecule has 1 atom stereocenters. The molecule has 3 N–H and O–H groups in total. The maximum absolute atomic E-state index is 11.4. The van der Waals surface area contributed by atoms with Gasteiger partial charge in [0, 0.05) is 12.0 Å². The quantitative estimate of drug-likeness (QED) is 0.554. The second kappa shape index (κ2) is 6.09. The number of carbonyl (C=O) groups is 3. The topological polar surface area (TPSA) is 95.5 Å². The molecule has 6 nitrogen and oxygen atoms in total. The highest BCUT2D eigenvalue weighted by Gasteiger charge is 2.19. The lowest BCUT2D eigenvalue weighted by molar-refractivity contribution is -0.140. The summed E-state index contributed by atoms with van der Waals surface area (Å²) in [6.45, 7) is 5.51. The van der Waals surface area contributed by atoms with E-state index in [0.29, 0.717) is 6.41 Å². The molecule has 0 aromatic rings. The van der Waals surface area contributed by atoms with Crippen molar-refractivity contribution < 1.29 is 19.5 Å². The Hall–Kier alpha value is -1.59. The first-order valence-corrected chi connectivity index (χ1v) is 5.00. The Morgan fingerprint density at radius 1 is 1.38 bits per heavy atom. The number of rotatable bonds is 6. The van der Waals surface area contributed by atoms with Crippen molar-refractivity contribution in [1.29, 1.82) is 0 Å². The highest BCUT2D eigenvalue weighted by molar-refractivity contribution is 5.79. The van der Waals surface area contributed by atoms with E-state index in [0.717, 1.165) is 0 Å². The van der Waals surface area contributed by atoms with Gasteiger partial charge in [0.05, 0.1) is 0 Å². The third kappa shape index (κ3) is 6.80. The predicted octanol–water partition coefficient (Wildman–Crippen LogP) is -0.119. The molecule has 0 saturated heterocycles. The number of hydrogen-bond acceptors (Lipinski definition) is 3. The van der Waals surface area contributed by atoms with Crippen LogP contribution in [0.3, 0.4) is 0 Å². The summed E-state index contributed by atoms with van der Waals surface area (Å²) in [5, 5.41) is 13.5. The molecule has 0 spiro atoms. The lowest BCUT2D eigenvalue weighted by atomic mass is 10.1. The van der Waals surface area contributed by atoms with Gasteiger partial charge in [-0.3, -0.25) is 9.59 Å². The number of hydrogen-bond donors (Lipinski definition) is 3. The molecule has 0 aliphatic rings. The van der Waals surface area contributed by atoms with Crippen LogP contribution in [-0.2, 0) is 14.4 Å². The zero-order chi connectivity index (χ0) is 12.8. The Morgan fingerprint density at radius 3 is 2.31 bits per heavy atom. The fraction of sp³-hybridized carbons (Fsp3) is 0.700. The van der Waals surface area contributed by atoms with Gasteiger partial charge in [-0.15, -0.1) is 0 Å². The van der Waals surface area contributed by atoms with E-state index in [2.05, 4.69) is 10.6 Å². The summed E-state index contributed by atoms with van der Waals surface area (Å²) in [7, 11) is 0. The van der Waals surface area contributed by atoms with Crippen LogP contribution in [0.5, 0.6) is 0 Å².